The number of carboxylic acid groups (broad SMARTS) is 2. The molecule has 0 bridgehead atoms. The number of carbonyl (C=O) groups excluding carboxylic acids is 2. The fraction of sp³-hybridized carbons (Fsp3) is 0.833. The Hall–Kier alpha value is 1.85. The molecule has 0 radical (unpaired) electrons. The second-order valence-corrected chi connectivity index (χ2v) is 6.97. The Kier molecular flexibility index (Phi) is 21.2. The van der Waals surface area contributed by atoms with E-state index in [1.165, 1.54) is 0 Å². The normalized spacial score (nSPS) is 13.0. The van der Waals surface area contributed by atoms with Gasteiger partial charge in [0.2, 0.25) is 0 Å². The second kappa shape index (κ2) is 15.0. The number of carbonyl (C=O) groups is 2. The smallest absolute Gasteiger partial charge is 0.747 e. The Balaban J connectivity index is -0.000000602. The van der Waals surface area contributed by atoms with Gasteiger partial charge in [-0.05, 0) is 12.3 Å². The Labute approximate surface area is 204 Å². The van der Waals surface area contributed by atoms with Crippen molar-refractivity contribution in [2.45, 2.75) is 57.1 Å². The molecule has 0 spiro atoms. The van der Waals surface area contributed by atoms with E-state index in [0.29, 0.717) is 12.3 Å². The van der Waals surface area contributed by atoms with E-state index in [0.717, 1.165) is 12.8 Å². The molecule has 0 aromatic rings. The first-order valence-electron chi connectivity index (χ1n) is 6.39. The molecule has 0 amide bonds. The summed E-state index contributed by atoms with van der Waals surface area (Å²) in [4.78, 5) is 21.5. The molecule has 23 heavy (non-hydrogen) atoms. The third-order valence-electron chi connectivity index (χ3n) is 3.14. The van der Waals surface area contributed by atoms with Crippen molar-refractivity contribution in [2.75, 3.05) is 0 Å². The average Bonchev–Trinajstić information content (AvgIpc) is 2.23. The van der Waals surface area contributed by atoms with Crippen LogP contribution in [0.4, 0.5) is 0 Å². The monoisotopic (exact) mass is 376 g/mol. The minimum absolute atomic E-state index is 0. The zero-order valence-electron chi connectivity index (χ0n) is 14.6. The van der Waals surface area contributed by atoms with Gasteiger partial charge in [0, 0.05) is 12.4 Å². The molecule has 0 aromatic carbocycles. The summed E-state index contributed by atoms with van der Waals surface area (Å²) in [6, 6.07) is 0. The van der Waals surface area contributed by atoms with Gasteiger partial charge in [-0.3, -0.25) is 0 Å². The van der Waals surface area contributed by atoms with Gasteiger partial charge in [0.05, 0.1) is 5.97 Å². The van der Waals surface area contributed by atoms with Crippen LogP contribution >= 0.6 is 0 Å². The zero-order valence-corrected chi connectivity index (χ0v) is 21.4. The van der Waals surface area contributed by atoms with E-state index in [2.05, 4.69) is 0 Å². The predicted molar refractivity (Wildman–Crippen MR) is 65.0 cm³/mol. The van der Waals surface area contributed by atoms with Crippen molar-refractivity contribution in [1.29, 1.82) is 0 Å². The maximum absolute atomic E-state index is 11.1. The van der Waals surface area contributed by atoms with Crippen molar-refractivity contribution < 1.29 is 121 Å². The Bertz CT molecular complexity index is 454. The van der Waals surface area contributed by atoms with E-state index in [1.54, 1.807) is 0 Å². The molecule has 0 fully saturated rings. The minimum Gasteiger partial charge on any atom is -0.747 e. The molecule has 0 aliphatic heterocycles. The van der Waals surface area contributed by atoms with E-state index in [9.17, 15) is 32.8 Å². The van der Waals surface area contributed by atoms with Crippen LogP contribution in [0.15, 0.2) is 0 Å². The van der Waals surface area contributed by atoms with Gasteiger partial charge in [0.25, 0.3) is 0 Å². The molecule has 0 saturated heterocycles. The minimum atomic E-state index is -5.36. The molecule has 0 aliphatic carbocycles. The molecule has 0 saturated carbocycles. The summed E-state index contributed by atoms with van der Waals surface area (Å²) in [7, 11) is -5.36. The van der Waals surface area contributed by atoms with E-state index in [1.807, 2.05) is 13.8 Å². The van der Waals surface area contributed by atoms with Crippen LogP contribution in [0.5, 0.6) is 0 Å². The number of unbranched alkanes of at least 4 members (excludes halogenated alkanes) is 2. The van der Waals surface area contributed by atoms with Crippen molar-refractivity contribution in [3.8, 4) is 0 Å². The Morgan fingerprint density at radius 1 is 1.00 bits per heavy atom. The van der Waals surface area contributed by atoms with Crippen LogP contribution in [0, 0.1) is 5.92 Å². The van der Waals surface area contributed by atoms with E-state index < -0.39 is 39.6 Å². The largest absolute Gasteiger partial charge is 1.00 e. The molecule has 0 aliphatic rings. The van der Waals surface area contributed by atoms with Crippen LogP contribution in [0.1, 0.15) is 52.4 Å². The Morgan fingerprint density at radius 2 is 1.48 bits per heavy atom. The van der Waals surface area contributed by atoms with Gasteiger partial charge in [-0.2, -0.15) is 0 Å². The van der Waals surface area contributed by atoms with Crippen molar-refractivity contribution in [3.63, 3.8) is 0 Å². The van der Waals surface area contributed by atoms with Gasteiger partial charge in [-0.25, -0.2) is 8.42 Å². The summed E-state index contributed by atoms with van der Waals surface area (Å²) in [5.74, 6) is -3.64. The van der Waals surface area contributed by atoms with Crippen molar-refractivity contribution in [3.05, 3.63) is 0 Å². The van der Waals surface area contributed by atoms with Gasteiger partial charge in [-0.1, -0.05) is 39.5 Å². The molecular formula is C12H19Na3O7S. The quantitative estimate of drug-likeness (QED) is 0.210. The molecule has 0 heterocycles. The summed E-state index contributed by atoms with van der Waals surface area (Å²) in [5.41, 5.74) is 0. The maximum Gasteiger partial charge on any atom is 1.00 e. The summed E-state index contributed by atoms with van der Waals surface area (Å²) >= 11 is 0. The molecule has 1 unspecified atom stereocenters. The first-order valence-corrected chi connectivity index (χ1v) is 7.80. The number of hydrogen-bond acceptors (Lipinski definition) is 7. The van der Waals surface area contributed by atoms with Crippen LogP contribution < -0.4 is 98.9 Å². The van der Waals surface area contributed by atoms with Gasteiger partial charge in [0.15, 0.2) is 0 Å². The first kappa shape index (κ1) is 32.5. The average molecular weight is 376 g/mol. The van der Waals surface area contributed by atoms with Gasteiger partial charge < -0.3 is 24.4 Å². The van der Waals surface area contributed by atoms with Crippen LogP contribution in [-0.2, 0) is 19.7 Å². The molecular weight excluding hydrogens is 357 g/mol. The fourth-order valence-electron chi connectivity index (χ4n) is 1.95. The van der Waals surface area contributed by atoms with Crippen LogP contribution in [0.25, 0.3) is 0 Å². The molecule has 1 atom stereocenters. The number of aliphatic carboxylic acids is 2. The van der Waals surface area contributed by atoms with Gasteiger partial charge in [0.1, 0.15) is 14.9 Å². The SMILES string of the molecule is CC(C)CCCCCC(CC(=O)[O-])(C(=O)[O-])S(=O)(=O)[O-].[Na+].[Na+].[Na+]. The van der Waals surface area contributed by atoms with Gasteiger partial charge in [-0.15, -0.1) is 0 Å². The van der Waals surface area contributed by atoms with E-state index in [4.69, 9.17) is 0 Å². The third-order valence-corrected chi connectivity index (χ3v) is 4.61. The number of carboxylic acids is 2. The van der Waals surface area contributed by atoms with Crippen LogP contribution in [0.3, 0.4) is 0 Å². The molecule has 0 N–H and O–H groups in total. The maximum atomic E-state index is 11.1. The van der Waals surface area contributed by atoms with Crippen LogP contribution in [-0.4, -0.2) is 29.7 Å². The van der Waals surface area contributed by atoms with Crippen LogP contribution in [0.2, 0.25) is 0 Å². The summed E-state index contributed by atoms with van der Waals surface area (Å²) in [5, 5.41) is 21.5. The number of rotatable bonds is 10. The van der Waals surface area contributed by atoms with Gasteiger partial charge >= 0.3 is 88.7 Å². The molecule has 7 nitrogen and oxygen atoms in total. The Morgan fingerprint density at radius 3 is 1.78 bits per heavy atom. The molecule has 0 aromatic heterocycles. The standard InChI is InChI=1S/C12H22O7S.3Na/c1-9(2)6-4-3-5-7-12(11(15)16,8-10(13)14)20(17,18)19;;;/h9H,3-8H2,1-2H3,(H,13,14)(H,15,16)(H,17,18,19);;;/q;3*+1/p-3. The molecule has 11 heteroatoms. The third kappa shape index (κ3) is 12.0. The second-order valence-electron chi connectivity index (χ2n) is 5.28. The predicted octanol–water partition coefficient (Wildman–Crippen LogP) is -10.2. The number of hydrogen-bond donors (Lipinski definition) is 0. The topological polar surface area (TPSA) is 137 Å². The summed E-state index contributed by atoms with van der Waals surface area (Å²) in [6.07, 6.45) is 0.289. The first-order chi connectivity index (χ1) is 9.03. The molecule has 0 rings (SSSR count). The summed E-state index contributed by atoms with van der Waals surface area (Å²) < 4.78 is 30.5. The van der Waals surface area contributed by atoms with Crippen molar-refractivity contribution >= 4 is 22.1 Å². The van der Waals surface area contributed by atoms with E-state index in [-0.39, 0.29) is 95.1 Å². The zero-order chi connectivity index (χ0) is 16.0. The summed E-state index contributed by atoms with van der Waals surface area (Å²) in [6.45, 7) is 4.01. The van der Waals surface area contributed by atoms with Crippen molar-refractivity contribution in [1.82, 2.24) is 0 Å². The fourth-order valence-corrected chi connectivity index (χ4v) is 2.84. The van der Waals surface area contributed by atoms with Crippen molar-refractivity contribution in [2.24, 2.45) is 5.92 Å². The molecule has 118 valence electrons. The van der Waals surface area contributed by atoms with E-state index >= 15 is 0 Å².